The number of rotatable bonds is 6. The van der Waals surface area contributed by atoms with Crippen molar-refractivity contribution in [2.75, 3.05) is 25.4 Å². The Hall–Kier alpha value is -2.93. The van der Waals surface area contributed by atoms with Crippen molar-refractivity contribution in [3.05, 3.63) is 54.0 Å². The van der Waals surface area contributed by atoms with Crippen LogP contribution in [0.2, 0.25) is 0 Å². The molecular weight excluding hydrogens is 388 g/mol. The molecule has 2 aromatic heterocycles. The van der Waals surface area contributed by atoms with Crippen LogP contribution >= 0.6 is 0 Å². The fraction of sp³-hybridized carbons (Fsp3) is 0.458. The van der Waals surface area contributed by atoms with Gasteiger partial charge in [0.15, 0.2) is 0 Å². The van der Waals surface area contributed by atoms with Crippen molar-refractivity contribution in [1.82, 2.24) is 24.3 Å². The van der Waals surface area contributed by atoms with Gasteiger partial charge < -0.3 is 15.2 Å². The van der Waals surface area contributed by atoms with E-state index in [1.807, 2.05) is 24.3 Å². The molecule has 4 heterocycles. The average molecular weight is 419 g/mol. The Morgan fingerprint density at radius 3 is 2.87 bits per heavy atom. The van der Waals surface area contributed by atoms with Crippen molar-refractivity contribution in [1.29, 1.82) is 0 Å². The third kappa shape index (κ3) is 3.78. The van der Waals surface area contributed by atoms with E-state index < -0.39 is 0 Å². The molecule has 2 aliphatic rings. The van der Waals surface area contributed by atoms with E-state index in [0.29, 0.717) is 30.7 Å². The first-order valence-electron chi connectivity index (χ1n) is 11.3. The summed E-state index contributed by atoms with van der Waals surface area (Å²) >= 11 is 0. The molecule has 1 amide bonds. The molecule has 0 unspecified atom stereocenters. The summed E-state index contributed by atoms with van der Waals surface area (Å²) in [4.78, 5) is 26.4. The molecule has 162 valence electrons. The molecule has 2 aliphatic heterocycles. The second kappa shape index (κ2) is 8.30. The molecule has 2 fully saturated rings. The maximum atomic E-state index is 13.0. The first-order chi connectivity index (χ1) is 15.1. The zero-order valence-corrected chi connectivity index (χ0v) is 18.1. The standard InChI is InChI=1S/C24H30N6O/c1-2-22-27-19-7-3-4-8-21(19)30(22)13-10-23(31)28-12-9-20-18(15-28)16-29(20)14-17-6-5-11-26-24(17)25/h3-8,11,18,20H,2,9-10,12-16H2,1H3,(H2,25,26)/t18-,20-/m0/s1. The first kappa shape index (κ1) is 20.0. The van der Waals surface area contributed by atoms with Gasteiger partial charge in [-0.25, -0.2) is 9.97 Å². The van der Waals surface area contributed by atoms with E-state index in [9.17, 15) is 4.79 Å². The number of hydrogen-bond acceptors (Lipinski definition) is 5. The van der Waals surface area contributed by atoms with Crippen LogP contribution in [-0.2, 0) is 24.3 Å². The van der Waals surface area contributed by atoms with Gasteiger partial charge in [-0.1, -0.05) is 25.1 Å². The maximum Gasteiger partial charge on any atom is 0.224 e. The average Bonchev–Trinajstić information content (AvgIpc) is 3.14. The van der Waals surface area contributed by atoms with Crippen LogP contribution < -0.4 is 5.73 Å². The normalized spacial score (nSPS) is 21.1. The van der Waals surface area contributed by atoms with Crippen molar-refractivity contribution in [3.8, 4) is 0 Å². The number of likely N-dealkylation sites (tertiary alicyclic amines) is 2. The van der Waals surface area contributed by atoms with Crippen molar-refractivity contribution < 1.29 is 4.79 Å². The summed E-state index contributed by atoms with van der Waals surface area (Å²) in [6.45, 7) is 6.39. The molecule has 0 radical (unpaired) electrons. The molecule has 0 saturated carbocycles. The Kier molecular flexibility index (Phi) is 5.36. The van der Waals surface area contributed by atoms with E-state index >= 15 is 0 Å². The van der Waals surface area contributed by atoms with E-state index in [-0.39, 0.29) is 5.91 Å². The topological polar surface area (TPSA) is 80.3 Å². The molecule has 2 saturated heterocycles. The SMILES string of the molecule is CCc1nc2ccccc2n1CCC(=O)N1CC[C@H]2[C@@H](C1)CN2Cc1cccnc1N. The number of fused-ring (bicyclic) bond motifs is 2. The summed E-state index contributed by atoms with van der Waals surface area (Å²) in [6, 6.07) is 12.7. The number of piperidine rings is 1. The van der Waals surface area contributed by atoms with Gasteiger partial charge in [-0.15, -0.1) is 0 Å². The summed E-state index contributed by atoms with van der Waals surface area (Å²) < 4.78 is 2.21. The van der Waals surface area contributed by atoms with E-state index in [2.05, 4.69) is 38.4 Å². The smallest absolute Gasteiger partial charge is 0.224 e. The number of carbonyl (C=O) groups excluding carboxylic acids is 1. The van der Waals surface area contributed by atoms with Gasteiger partial charge in [0, 0.05) is 69.3 Å². The number of benzene rings is 1. The maximum absolute atomic E-state index is 13.0. The molecule has 2 N–H and O–H groups in total. The number of hydrogen-bond donors (Lipinski definition) is 1. The predicted molar refractivity (Wildman–Crippen MR) is 121 cm³/mol. The van der Waals surface area contributed by atoms with Crippen LogP contribution in [0.4, 0.5) is 5.82 Å². The number of aromatic nitrogens is 3. The highest BCUT2D eigenvalue weighted by molar-refractivity contribution is 5.78. The van der Waals surface area contributed by atoms with Crippen molar-refractivity contribution in [2.24, 2.45) is 5.92 Å². The second-order valence-electron chi connectivity index (χ2n) is 8.71. The lowest BCUT2D eigenvalue weighted by molar-refractivity contribution is -0.138. The number of pyridine rings is 1. The van der Waals surface area contributed by atoms with E-state index in [1.165, 1.54) is 0 Å². The zero-order valence-electron chi connectivity index (χ0n) is 18.1. The third-order valence-electron chi connectivity index (χ3n) is 6.88. The van der Waals surface area contributed by atoms with Crippen LogP contribution in [0.1, 0.15) is 31.2 Å². The lowest BCUT2D eigenvalue weighted by Gasteiger charge is -2.53. The number of imidazole rings is 1. The van der Waals surface area contributed by atoms with Gasteiger partial charge in [0.25, 0.3) is 0 Å². The molecule has 1 aromatic carbocycles. The molecular formula is C24H30N6O. The van der Waals surface area contributed by atoms with E-state index in [1.54, 1.807) is 6.20 Å². The van der Waals surface area contributed by atoms with Gasteiger partial charge in [-0.3, -0.25) is 9.69 Å². The molecule has 7 heteroatoms. The van der Waals surface area contributed by atoms with Crippen LogP contribution in [0.25, 0.3) is 11.0 Å². The van der Waals surface area contributed by atoms with Crippen LogP contribution in [0, 0.1) is 5.92 Å². The highest BCUT2D eigenvalue weighted by Crippen LogP contribution is 2.34. The zero-order chi connectivity index (χ0) is 21.4. The molecule has 7 nitrogen and oxygen atoms in total. The summed E-state index contributed by atoms with van der Waals surface area (Å²) in [5.41, 5.74) is 9.24. The van der Waals surface area contributed by atoms with Crippen molar-refractivity contribution in [2.45, 2.75) is 45.3 Å². The van der Waals surface area contributed by atoms with E-state index in [0.717, 1.165) is 61.4 Å². The summed E-state index contributed by atoms with van der Waals surface area (Å²) in [6.07, 6.45) is 4.16. The van der Waals surface area contributed by atoms with Gasteiger partial charge in [0.1, 0.15) is 11.6 Å². The Labute approximate surface area is 182 Å². The number of aryl methyl sites for hydroxylation is 2. The lowest BCUT2D eigenvalue weighted by atomic mass is 9.82. The quantitative estimate of drug-likeness (QED) is 0.666. The van der Waals surface area contributed by atoms with E-state index in [4.69, 9.17) is 10.7 Å². The molecule has 3 aromatic rings. The minimum Gasteiger partial charge on any atom is -0.383 e. The molecule has 2 atom stereocenters. The Morgan fingerprint density at radius 1 is 1.19 bits per heavy atom. The van der Waals surface area contributed by atoms with Gasteiger partial charge >= 0.3 is 0 Å². The fourth-order valence-electron chi connectivity index (χ4n) is 5.20. The van der Waals surface area contributed by atoms with Crippen molar-refractivity contribution in [3.63, 3.8) is 0 Å². The van der Waals surface area contributed by atoms with Crippen LogP contribution in [0.3, 0.4) is 0 Å². The summed E-state index contributed by atoms with van der Waals surface area (Å²) in [5.74, 6) is 2.50. The number of para-hydroxylation sites is 2. The van der Waals surface area contributed by atoms with Gasteiger partial charge in [0.05, 0.1) is 11.0 Å². The summed E-state index contributed by atoms with van der Waals surface area (Å²) in [7, 11) is 0. The van der Waals surface area contributed by atoms with Crippen LogP contribution in [0.5, 0.6) is 0 Å². The monoisotopic (exact) mass is 418 g/mol. The lowest BCUT2D eigenvalue weighted by Crippen LogP contribution is -2.63. The van der Waals surface area contributed by atoms with Gasteiger partial charge in [-0.2, -0.15) is 0 Å². The van der Waals surface area contributed by atoms with Crippen LogP contribution in [0.15, 0.2) is 42.6 Å². The highest BCUT2D eigenvalue weighted by Gasteiger charge is 2.43. The first-order valence-corrected chi connectivity index (χ1v) is 11.3. The number of anilines is 1. The summed E-state index contributed by atoms with van der Waals surface area (Å²) in [5, 5.41) is 0. The minimum absolute atomic E-state index is 0.258. The van der Waals surface area contributed by atoms with Gasteiger partial charge in [0.2, 0.25) is 5.91 Å². The molecule has 0 spiro atoms. The molecule has 5 rings (SSSR count). The Bertz CT molecular complexity index is 1090. The number of nitrogens with two attached hydrogens (primary N) is 1. The molecule has 31 heavy (non-hydrogen) atoms. The predicted octanol–water partition coefficient (Wildman–Crippen LogP) is 2.70. The third-order valence-corrected chi connectivity index (χ3v) is 6.88. The van der Waals surface area contributed by atoms with Crippen LogP contribution in [-0.4, -0.2) is 55.9 Å². The number of amides is 1. The molecule has 0 bridgehead atoms. The van der Waals surface area contributed by atoms with Crippen molar-refractivity contribution >= 4 is 22.8 Å². The number of nitrogens with zero attached hydrogens (tertiary/aromatic N) is 5. The largest absolute Gasteiger partial charge is 0.383 e. The second-order valence-corrected chi connectivity index (χ2v) is 8.71. The Morgan fingerprint density at radius 2 is 2.06 bits per heavy atom. The number of nitrogen functional groups attached to an aromatic ring is 1. The van der Waals surface area contributed by atoms with Gasteiger partial charge in [-0.05, 0) is 24.6 Å². The fourth-order valence-corrected chi connectivity index (χ4v) is 5.20. The minimum atomic E-state index is 0.258. The number of carbonyl (C=O) groups is 1. The Balaban J connectivity index is 1.17. The highest BCUT2D eigenvalue weighted by atomic mass is 16.2. The molecule has 0 aliphatic carbocycles.